The van der Waals surface area contributed by atoms with E-state index in [2.05, 4.69) is 26.8 Å². The minimum Gasteiger partial charge on any atom is -0.273 e. The van der Waals surface area contributed by atoms with E-state index < -0.39 is 0 Å². The summed E-state index contributed by atoms with van der Waals surface area (Å²) in [6, 6.07) is 7.06. The predicted molar refractivity (Wildman–Crippen MR) is 67.0 cm³/mol. The van der Waals surface area contributed by atoms with E-state index in [1.807, 2.05) is 13.0 Å². The number of carbonyl (C=O) groups is 2. The van der Waals surface area contributed by atoms with Crippen molar-refractivity contribution in [2.45, 2.75) is 13.3 Å². The van der Waals surface area contributed by atoms with Crippen LogP contribution in [0.1, 0.15) is 23.7 Å². The molecule has 2 N–H and O–H groups in total. The van der Waals surface area contributed by atoms with Gasteiger partial charge >= 0.3 is 0 Å². The smallest absolute Gasteiger partial charge is 0.270 e. The van der Waals surface area contributed by atoms with E-state index in [0.717, 1.165) is 6.42 Å². The van der Waals surface area contributed by atoms with Crippen molar-refractivity contribution < 1.29 is 9.59 Å². The summed E-state index contributed by atoms with van der Waals surface area (Å²) in [6.07, 6.45) is 0.900. The van der Waals surface area contributed by atoms with Gasteiger partial charge in [0.15, 0.2) is 0 Å². The maximum Gasteiger partial charge on any atom is 0.270 e. The van der Waals surface area contributed by atoms with Crippen molar-refractivity contribution in [2.24, 2.45) is 11.8 Å². The SMILES string of the molecule is CC1CC1C(=O)NNC(=O)c1ccccc1Br. The summed E-state index contributed by atoms with van der Waals surface area (Å²) in [6.45, 7) is 2.01. The Morgan fingerprint density at radius 3 is 2.53 bits per heavy atom. The Bertz CT molecular complexity index is 462. The number of amides is 2. The third-order valence-electron chi connectivity index (χ3n) is 2.86. The van der Waals surface area contributed by atoms with Gasteiger partial charge in [-0.15, -0.1) is 0 Å². The van der Waals surface area contributed by atoms with E-state index in [-0.39, 0.29) is 17.7 Å². The van der Waals surface area contributed by atoms with Crippen LogP contribution in [0.2, 0.25) is 0 Å². The topological polar surface area (TPSA) is 58.2 Å². The molecule has 0 aromatic heterocycles. The van der Waals surface area contributed by atoms with Gasteiger partial charge in [0.2, 0.25) is 5.91 Å². The Morgan fingerprint density at radius 2 is 1.94 bits per heavy atom. The minimum atomic E-state index is -0.320. The molecule has 4 nitrogen and oxygen atoms in total. The molecule has 2 atom stereocenters. The van der Waals surface area contributed by atoms with Crippen LogP contribution in [-0.4, -0.2) is 11.8 Å². The lowest BCUT2D eigenvalue weighted by Gasteiger charge is -2.07. The molecule has 2 rings (SSSR count). The molecular weight excluding hydrogens is 284 g/mol. The van der Waals surface area contributed by atoms with Gasteiger partial charge in [0.1, 0.15) is 0 Å². The summed E-state index contributed by atoms with van der Waals surface area (Å²) in [7, 11) is 0. The summed E-state index contributed by atoms with van der Waals surface area (Å²) in [4.78, 5) is 23.2. The molecule has 1 aliphatic carbocycles. The van der Waals surface area contributed by atoms with Crippen LogP contribution in [0.15, 0.2) is 28.7 Å². The second-order valence-corrected chi connectivity index (χ2v) is 5.10. The molecule has 0 radical (unpaired) electrons. The van der Waals surface area contributed by atoms with Crippen LogP contribution in [0, 0.1) is 11.8 Å². The average Bonchev–Trinajstić information content (AvgIpc) is 3.03. The molecule has 0 saturated heterocycles. The highest BCUT2D eigenvalue weighted by molar-refractivity contribution is 9.10. The van der Waals surface area contributed by atoms with Crippen LogP contribution >= 0.6 is 15.9 Å². The van der Waals surface area contributed by atoms with Crippen molar-refractivity contribution in [3.63, 3.8) is 0 Å². The van der Waals surface area contributed by atoms with E-state index in [0.29, 0.717) is 16.0 Å². The van der Waals surface area contributed by atoms with E-state index in [9.17, 15) is 9.59 Å². The molecule has 1 aromatic carbocycles. The van der Waals surface area contributed by atoms with Gasteiger partial charge < -0.3 is 0 Å². The molecule has 5 heteroatoms. The van der Waals surface area contributed by atoms with Crippen molar-refractivity contribution in [1.29, 1.82) is 0 Å². The maximum atomic E-state index is 11.7. The molecule has 0 heterocycles. The highest BCUT2D eigenvalue weighted by atomic mass is 79.9. The molecule has 0 bridgehead atoms. The number of carbonyl (C=O) groups excluding carboxylic acids is 2. The Morgan fingerprint density at radius 1 is 1.29 bits per heavy atom. The molecule has 1 fully saturated rings. The monoisotopic (exact) mass is 296 g/mol. The van der Waals surface area contributed by atoms with Crippen LogP contribution < -0.4 is 10.9 Å². The summed E-state index contributed by atoms with van der Waals surface area (Å²) >= 11 is 3.28. The summed E-state index contributed by atoms with van der Waals surface area (Å²) in [5.74, 6) is 0.0434. The van der Waals surface area contributed by atoms with Gasteiger partial charge in [-0.3, -0.25) is 20.4 Å². The summed E-state index contributed by atoms with van der Waals surface area (Å²) < 4.78 is 0.700. The van der Waals surface area contributed by atoms with Crippen LogP contribution in [-0.2, 0) is 4.79 Å². The fourth-order valence-corrected chi connectivity index (χ4v) is 2.08. The standard InChI is InChI=1S/C12H13BrN2O2/c1-7-6-9(7)12(17)15-14-11(16)8-4-2-3-5-10(8)13/h2-5,7,9H,6H2,1H3,(H,14,16)(H,15,17). The zero-order valence-corrected chi connectivity index (χ0v) is 11.0. The predicted octanol–water partition coefficient (Wildman–Crippen LogP) is 1.87. The zero-order valence-electron chi connectivity index (χ0n) is 9.37. The third-order valence-corrected chi connectivity index (χ3v) is 3.56. The van der Waals surface area contributed by atoms with E-state index >= 15 is 0 Å². The number of rotatable bonds is 2. The first-order valence-corrected chi connectivity index (χ1v) is 6.23. The van der Waals surface area contributed by atoms with Crippen LogP contribution in [0.25, 0.3) is 0 Å². The zero-order chi connectivity index (χ0) is 12.4. The first-order valence-electron chi connectivity index (χ1n) is 5.44. The van der Waals surface area contributed by atoms with Crippen molar-refractivity contribution in [2.75, 3.05) is 0 Å². The molecule has 1 aliphatic rings. The van der Waals surface area contributed by atoms with Gasteiger partial charge in [0.05, 0.1) is 5.56 Å². The molecular formula is C12H13BrN2O2. The summed E-state index contributed by atoms with van der Waals surface area (Å²) in [5.41, 5.74) is 5.35. The number of hydrogen-bond donors (Lipinski definition) is 2. The lowest BCUT2D eigenvalue weighted by atomic mass is 10.2. The third kappa shape index (κ3) is 2.85. The Labute approximate surface area is 108 Å². The van der Waals surface area contributed by atoms with Gasteiger partial charge in [0.25, 0.3) is 5.91 Å². The second-order valence-electron chi connectivity index (χ2n) is 4.24. The van der Waals surface area contributed by atoms with Crippen molar-refractivity contribution in [3.05, 3.63) is 34.3 Å². The molecule has 2 amide bonds. The highest BCUT2D eigenvalue weighted by Gasteiger charge is 2.39. The van der Waals surface area contributed by atoms with E-state index in [1.54, 1.807) is 18.2 Å². The Hall–Kier alpha value is -1.36. The van der Waals surface area contributed by atoms with Crippen LogP contribution in [0.3, 0.4) is 0 Å². The Balaban J connectivity index is 1.89. The van der Waals surface area contributed by atoms with E-state index in [4.69, 9.17) is 0 Å². The highest BCUT2D eigenvalue weighted by Crippen LogP contribution is 2.37. The maximum absolute atomic E-state index is 11.7. The van der Waals surface area contributed by atoms with Crippen molar-refractivity contribution in [3.8, 4) is 0 Å². The number of nitrogens with one attached hydrogen (secondary N) is 2. The van der Waals surface area contributed by atoms with Crippen molar-refractivity contribution >= 4 is 27.7 Å². The molecule has 1 aromatic rings. The average molecular weight is 297 g/mol. The van der Waals surface area contributed by atoms with Crippen LogP contribution in [0.5, 0.6) is 0 Å². The van der Waals surface area contributed by atoms with E-state index in [1.165, 1.54) is 0 Å². The molecule has 0 aliphatic heterocycles. The minimum absolute atomic E-state index is 0.0505. The Kier molecular flexibility index (Phi) is 3.47. The lowest BCUT2D eigenvalue weighted by molar-refractivity contribution is -0.123. The van der Waals surface area contributed by atoms with Gasteiger partial charge in [-0.25, -0.2) is 0 Å². The number of halogens is 1. The first-order chi connectivity index (χ1) is 8.09. The molecule has 1 saturated carbocycles. The van der Waals surface area contributed by atoms with Crippen LogP contribution in [0.4, 0.5) is 0 Å². The quantitative estimate of drug-likeness (QED) is 0.819. The molecule has 0 spiro atoms. The largest absolute Gasteiger partial charge is 0.273 e. The fourth-order valence-electron chi connectivity index (χ4n) is 1.61. The van der Waals surface area contributed by atoms with Crippen molar-refractivity contribution in [1.82, 2.24) is 10.9 Å². The van der Waals surface area contributed by atoms with Gasteiger partial charge in [-0.2, -0.15) is 0 Å². The van der Waals surface area contributed by atoms with Gasteiger partial charge in [0, 0.05) is 10.4 Å². The van der Waals surface area contributed by atoms with Gasteiger partial charge in [-0.1, -0.05) is 19.1 Å². The fraction of sp³-hybridized carbons (Fsp3) is 0.333. The number of hydrogen-bond acceptors (Lipinski definition) is 2. The first kappa shape index (κ1) is 12.1. The normalized spacial score (nSPS) is 21.8. The van der Waals surface area contributed by atoms with Gasteiger partial charge in [-0.05, 0) is 40.4 Å². The second kappa shape index (κ2) is 4.87. The lowest BCUT2D eigenvalue weighted by Crippen LogP contribution is -2.42. The number of hydrazine groups is 1. The molecule has 90 valence electrons. The number of benzene rings is 1. The summed E-state index contributed by atoms with van der Waals surface area (Å²) in [5, 5.41) is 0. The molecule has 2 unspecified atom stereocenters. The molecule has 17 heavy (non-hydrogen) atoms.